The van der Waals surface area contributed by atoms with Crippen molar-refractivity contribution in [3.05, 3.63) is 29.8 Å². The number of ether oxygens (including phenoxy) is 2. The number of β-amino-alcohol motifs (C(OH)–C–C–N with tert-alkyl or cyclic N) is 1. The lowest BCUT2D eigenvalue weighted by molar-refractivity contribution is 0.0440. The summed E-state index contributed by atoms with van der Waals surface area (Å²) < 4.78 is 11.1. The molecule has 0 bridgehead atoms. The molecule has 0 amide bonds. The van der Waals surface area contributed by atoms with Gasteiger partial charge < -0.3 is 14.6 Å². The Hall–Kier alpha value is -1.61. The van der Waals surface area contributed by atoms with Gasteiger partial charge in [0.2, 0.25) is 0 Å². The van der Waals surface area contributed by atoms with Crippen molar-refractivity contribution in [3.63, 3.8) is 0 Å². The smallest absolute Gasteiger partial charge is 0.137 e. The number of para-hydroxylation sites is 1. The zero-order valence-electron chi connectivity index (χ0n) is 12.4. The summed E-state index contributed by atoms with van der Waals surface area (Å²) in [5.74, 6) is 0.520. The predicted octanol–water partition coefficient (Wildman–Crippen LogP) is 1.41. The largest absolute Gasteiger partial charge is 0.489 e. The highest BCUT2D eigenvalue weighted by Gasteiger charge is 2.18. The van der Waals surface area contributed by atoms with Crippen LogP contribution in [-0.2, 0) is 4.74 Å². The molecular formula is C16H22N2O3. The summed E-state index contributed by atoms with van der Waals surface area (Å²) in [4.78, 5) is 2.20. The van der Waals surface area contributed by atoms with Crippen LogP contribution in [0.25, 0.3) is 0 Å². The van der Waals surface area contributed by atoms with Crippen LogP contribution in [0.15, 0.2) is 24.3 Å². The summed E-state index contributed by atoms with van der Waals surface area (Å²) in [6.07, 6.45) is 0.594. The molecule has 1 aliphatic rings. The Balaban J connectivity index is 1.81. The van der Waals surface area contributed by atoms with Crippen LogP contribution in [0, 0.1) is 11.3 Å². The van der Waals surface area contributed by atoms with E-state index in [1.54, 1.807) is 18.2 Å². The topological polar surface area (TPSA) is 65.7 Å². The maximum Gasteiger partial charge on any atom is 0.137 e. The minimum Gasteiger partial charge on any atom is -0.489 e. The summed E-state index contributed by atoms with van der Waals surface area (Å²) in [7, 11) is 0. The summed E-state index contributed by atoms with van der Waals surface area (Å²) in [5.41, 5.74) is 0.487. The lowest BCUT2D eigenvalue weighted by Crippen LogP contribution is -2.38. The zero-order chi connectivity index (χ0) is 15.1. The van der Waals surface area contributed by atoms with Gasteiger partial charge in [-0.05, 0) is 25.5 Å². The number of nitriles is 1. The molecule has 0 spiro atoms. The minimum absolute atomic E-state index is 0.185. The molecule has 0 aliphatic carbocycles. The van der Waals surface area contributed by atoms with Gasteiger partial charge in [-0.25, -0.2) is 0 Å². The fraction of sp³-hybridized carbons (Fsp3) is 0.562. The van der Waals surface area contributed by atoms with Crippen LogP contribution in [-0.4, -0.2) is 55.1 Å². The van der Waals surface area contributed by atoms with E-state index in [4.69, 9.17) is 14.7 Å². The molecule has 0 saturated carbocycles. The number of benzene rings is 1. The first-order valence-electron chi connectivity index (χ1n) is 7.33. The maximum absolute atomic E-state index is 10.1. The van der Waals surface area contributed by atoms with E-state index in [9.17, 15) is 5.11 Å². The molecule has 0 aromatic heterocycles. The van der Waals surface area contributed by atoms with E-state index in [2.05, 4.69) is 11.0 Å². The molecule has 1 fully saturated rings. The highest BCUT2D eigenvalue weighted by molar-refractivity contribution is 5.42. The maximum atomic E-state index is 10.1. The molecule has 2 unspecified atom stereocenters. The molecule has 1 aromatic carbocycles. The van der Waals surface area contributed by atoms with Crippen molar-refractivity contribution in [2.75, 3.05) is 32.8 Å². The van der Waals surface area contributed by atoms with Gasteiger partial charge in [-0.1, -0.05) is 12.1 Å². The standard InChI is InChI=1S/C16H22N2O3/c1-13-10-18(7-4-8-20-13)11-15(19)12-21-16-6-3-2-5-14(16)9-17/h2-3,5-6,13,15,19H,4,7-8,10-12H2,1H3. The third-order valence-corrected chi connectivity index (χ3v) is 3.44. The fourth-order valence-corrected chi connectivity index (χ4v) is 2.47. The van der Waals surface area contributed by atoms with E-state index in [1.165, 1.54) is 0 Å². The molecule has 5 heteroatoms. The lowest BCUT2D eigenvalue weighted by atomic mass is 10.2. The number of rotatable bonds is 5. The van der Waals surface area contributed by atoms with Crippen LogP contribution in [0.5, 0.6) is 5.75 Å². The molecule has 1 saturated heterocycles. The van der Waals surface area contributed by atoms with Crippen molar-refractivity contribution in [3.8, 4) is 11.8 Å². The van der Waals surface area contributed by atoms with Gasteiger partial charge in [0, 0.05) is 26.2 Å². The Morgan fingerprint density at radius 3 is 3.14 bits per heavy atom. The molecular weight excluding hydrogens is 268 g/mol. The molecule has 114 valence electrons. The van der Waals surface area contributed by atoms with E-state index < -0.39 is 6.10 Å². The summed E-state index contributed by atoms with van der Waals surface area (Å²) >= 11 is 0. The highest BCUT2D eigenvalue weighted by Crippen LogP contribution is 2.16. The monoisotopic (exact) mass is 290 g/mol. The third kappa shape index (κ3) is 5.01. The van der Waals surface area contributed by atoms with Crippen molar-refractivity contribution < 1.29 is 14.6 Å². The van der Waals surface area contributed by atoms with Gasteiger partial charge in [0.25, 0.3) is 0 Å². The van der Waals surface area contributed by atoms with E-state index in [0.717, 1.165) is 26.1 Å². The Bertz CT molecular complexity index is 487. The van der Waals surface area contributed by atoms with E-state index in [0.29, 0.717) is 17.9 Å². The van der Waals surface area contributed by atoms with Crippen LogP contribution in [0.1, 0.15) is 18.9 Å². The molecule has 2 atom stereocenters. The summed E-state index contributed by atoms with van der Waals surface area (Å²) in [6, 6.07) is 9.14. The van der Waals surface area contributed by atoms with Crippen LogP contribution in [0.4, 0.5) is 0 Å². The minimum atomic E-state index is -0.581. The van der Waals surface area contributed by atoms with Crippen LogP contribution >= 0.6 is 0 Å². The van der Waals surface area contributed by atoms with Crippen molar-refractivity contribution >= 4 is 0 Å². The molecule has 0 radical (unpaired) electrons. The fourth-order valence-electron chi connectivity index (χ4n) is 2.47. The average Bonchev–Trinajstić information content (AvgIpc) is 2.69. The number of hydrogen-bond acceptors (Lipinski definition) is 5. The molecule has 2 rings (SSSR count). The second-order valence-electron chi connectivity index (χ2n) is 5.37. The number of aliphatic hydroxyl groups is 1. The van der Waals surface area contributed by atoms with E-state index in [1.807, 2.05) is 13.0 Å². The zero-order valence-corrected chi connectivity index (χ0v) is 12.4. The first-order chi connectivity index (χ1) is 10.2. The average molecular weight is 290 g/mol. The first kappa shape index (κ1) is 15.8. The third-order valence-electron chi connectivity index (χ3n) is 3.44. The predicted molar refractivity (Wildman–Crippen MR) is 79.1 cm³/mol. The van der Waals surface area contributed by atoms with Crippen LogP contribution in [0.3, 0.4) is 0 Å². The Labute approximate surface area is 125 Å². The van der Waals surface area contributed by atoms with E-state index in [-0.39, 0.29) is 12.7 Å². The Morgan fingerprint density at radius 1 is 1.52 bits per heavy atom. The number of nitrogens with zero attached hydrogens (tertiary/aromatic N) is 2. The quantitative estimate of drug-likeness (QED) is 0.888. The van der Waals surface area contributed by atoms with Gasteiger partial charge in [-0.15, -0.1) is 0 Å². The number of hydrogen-bond donors (Lipinski definition) is 1. The first-order valence-corrected chi connectivity index (χ1v) is 7.33. The molecule has 21 heavy (non-hydrogen) atoms. The second-order valence-corrected chi connectivity index (χ2v) is 5.37. The highest BCUT2D eigenvalue weighted by atomic mass is 16.5. The van der Waals surface area contributed by atoms with Gasteiger partial charge in [0.15, 0.2) is 0 Å². The number of aliphatic hydroxyl groups excluding tert-OH is 1. The van der Waals surface area contributed by atoms with Crippen molar-refractivity contribution in [1.29, 1.82) is 5.26 Å². The van der Waals surface area contributed by atoms with Crippen molar-refractivity contribution in [2.24, 2.45) is 0 Å². The summed E-state index contributed by atoms with van der Waals surface area (Å²) in [5, 5.41) is 19.1. The van der Waals surface area contributed by atoms with E-state index >= 15 is 0 Å². The van der Waals surface area contributed by atoms with Crippen molar-refractivity contribution in [1.82, 2.24) is 4.90 Å². The van der Waals surface area contributed by atoms with Gasteiger partial charge in [0.05, 0.1) is 11.7 Å². The molecule has 1 heterocycles. The molecule has 1 aromatic rings. The normalized spacial score (nSPS) is 21.3. The van der Waals surface area contributed by atoms with Gasteiger partial charge in [-0.2, -0.15) is 5.26 Å². The SMILES string of the molecule is CC1CN(CC(O)COc2ccccc2C#N)CCCO1. The second kappa shape index (κ2) is 7.99. The van der Waals surface area contributed by atoms with Gasteiger partial charge in [0.1, 0.15) is 24.5 Å². The van der Waals surface area contributed by atoms with Crippen molar-refractivity contribution in [2.45, 2.75) is 25.6 Å². The molecule has 1 N–H and O–H groups in total. The van der Waals surface area contributed by atoms with Gasteiger partial charge >= 0.3 is 0 Å². The summed E-state index contributed by atoms with van der Waals surface area (Å²) in [6.45, 7) is 5.32. The van der Waals surface area contributed by atoms with Crippen LogP contribution < -0.4 is 4.74 Å². The lowest BCUT2D eigenvalue weighted by Gasteiger charge is -2.24. The Kier molecular flexibility index (Phi) is 6.00. The molecule has 1 aliphatic heterocycles. The molecule has 5 nitrogen and oxygen atoms in total. The van der Waals surface area contributed by atoms with Crippen LogP contribution in [0.2, 0.25) is 0 Å². The van der Waals surface area contributed by atoms with Gasteiger partial charge in [-0.3, -0.25) is 4.90 Å². The Morgan fingerprint density at radius 2 is 2.33 bits per heavy atom.